The molecule has 5 rings (SSSR count). The molecule has 2 unspecified atom stereocenters. The molecule has 2 aromatic carbocycles. The molecule has 8 heteroatoms. The lowest BCUT2D eigenvalue weighted by atomic mass is 9.70. The van der Waals surface area contributed by atoms with Crippen molar-refractivity contribution in [2.24, 2.45) is 5.92 Å². The van der Waals surface area contributed by atoms with Crippen molar-refractivity contribution in [3.05, 3.63) is 101 Å². The number of anilines is 1. The van der Waals surface area contributed by atoms with E-state index < -0.39 is 11.8 Å². The summed E-state index contributed by atoms with van der Waals surface area (Å²) in [5, 5.41) is 6.30. The molecule has 0 fully saturated rings. The molecule has 0 saturated carbocycles. The van der Waals surface area contributed by atoms with Crippen molar-refractivity contribution in [3.8, 4) is 17.2 Å². The Kier molecular flexibility index (Phi) is 7.86. The first-order valence-electron chi connectivity index (χ1n) is 13.3. The van der Waals surface area contributed by atoms with Crippen LogP contribution < -0.4 is 24.8 Å². The number of allylic oxidation sites excluding steroid dienone is 3. The van der Waals surface area contributed by atoms with Crippen LogP contribution in [0.25, 0.3) is 0 Å². The standard InChI is InChI=1S/C32H33N3O5/c1-19-14-15-33-28(16-19)35-32(37)29-20(2)34-25-6-5-7-26(36)31(25)30(29)21-8-13-27(39-4)22(17-21)18-40-24-11-9-23(38-3)10-12-24/h6,8-17,30-31,34H,5,7,18H2,1-4H3,(H,33,35,37). The van der Waals surface area contributed by atoms with Gasteiger partial charge in [0.25, 0.3) is 5.91 Å². The van der Waals surface area contributed by atoms with Crippen molar-refractivity contribution in [3.63, 3.8) is 0 Å². The predicted octanol–water partition coefficient (Wildman–Crippen LogP) is 5.45. The second-order valence-corrected chi connectivity index (χ2v) is 9.99. The molecule has 0 saturated heterocycles. The van der Waals surface area contributed by atoms with Gasteiger partial charge in [0.15, 0.2) is 0 Å². The molecule has 1 amide bonds. The Morgan fingerprint density at radius 2 is 1.77 bits per heavy atom. The molecule has 206 valence electrons. The predicted molar refractivity (Wildman–Crippen MR) is 152 cm³/mol. The largest absolute Gasteiger partial charge is 0.497 e. The van der Waals surface area contributed by atoms with E-state index in [4.69, 9.17) is 14.2 Å². The van der Waals surface area contributed by atoms with Gasteiger partial charge in [-0.2, -0.15) is 0 Å². The summed E-state index contributed by atoms with van der Waals surface area (Å²) in [6, 6.07) is 16.8. The van der Waals surface area contributed by atoms with Gasteiger partial charge in [-0.3, -0.25) is 9.59 Å². The maximum absolute atomic E-state index is 13.8. The number of hydrogen-bond donors (Lipinski definition) is 2. The highest BCUT2D eigenvalue weighted by molar-refractivity contribution is 6.06. The van der Waals surface area contributed by atoms with Gasteiger partial charge < -0.3 is 24.8 Å². The van der Waals surface area contributed by atoms with Gasteiger partial charge in [0.2, 0.25) is 0 Å². The molecule has 2 heterocycles. The number of Topliss-reactive ketones (excluding diaryl/α,β-unsaturated/α-hetero) is 1. The first kappa shape index (κ1) is 27.0. The fourth-order valence-electron chi connectivity index (χ4n) is 5.40. The lowest BCUT2D eigenvalue weighted by molar-refractivity contribution is -0.122. The van der Waals surface area contributed by atoms with Crippen molar-refractivity contribution < 1.29 is 23.8 Å². The van der Waals surface area contributed by atoms with E-state index in [1.54, 1.807) is 20.4 Å². The fourth-order valence-corrected chi connectivity index (χ4v) is 5.40. The number of ether oxygens (including phenoxy) is 3. The Morgan fingerprint density at radius 3 is 2.50 bits per heavy atom. The van der Waals surface area contributed by atoms with Crippen LogP contribution in [0.4, 0.5) is 5.82 Å². The number of aryl methyl sites for hydroxylation is 1. The molecule has 2 N–H and O–H groups in total. The highest BCUT2D eigenvalue weighted by Crippen LogP contribution is 2.44. The topological polar surface area (TPSA) is 98.8 Å². The SMILES string of the molecule is COc1ccc(OCc2cc(C3C(C(=O)Nc4cc(C)ccn4)=C(C)NC4=CCCC(=O)C43)ccc2OC)cc1. The van der Waals surface area contributed by atoms with Gasteiger partial charge in [-0.05, 0) is 79.9 Å². The summed E-state index contributed by atoms with van der Waals surface area (Å²) in [6.07, 6.45) is 4.84. The van der Waals surface area contributed by atoms with E-state index in [2.05, 4.69) is 21.7 Å². The van der Waals surface area contributed by atoms with E-state index in [0.717, 1.165) is 28.1 Å². The van der Waals surface area contributed by atoms with Gasteiger partial charge in [0, 0.05) is 41.1 Å². The summed E-state index contributed by atoms with van der Waals surface area (Å²) >= 11 is 0. The van der Waals surface area contributed by atoms with Crippen LogP contribution >= 0.6 is 0 Å². The van der Waals surface area contributed by atoms with Gasteiger partial charge in [-0.15, -0.1) is 0 Å². The number of methoxy groups -OCH3 is 2. The van der Waals surface area contributed by atoms with Crippen molar-refractivity contribution in [2.45, 2.75) is 39.2 Å². The van der Waals surface area contributed by atoms with Crippen LogP contribution in [0.15, 0.2) is 83.8 Å². The zero-order valence-corrected chi connectivity index (χ0v) is 23.1. The third-order valence-corrected chi connectivity index (χ3v) is 7.34. The lowest BCUT2D eigenvalue weighted by Gasteiger charge is -2.38. The average Bonchev–Trinajstić information content (AvgIpc) is 2.95. The Hall–Kier alpha value is -4.59. The van der Waals surface area contributed by atoms with Crippen LogP contribution in [0.1, 0.15) is 42.4 Å². The highest BCUT2D eigenvalue weighted by Gasteiger charge is 2.43. The number of ketones is 1. The number of aromatic nitrogens is 1. The number of nitrogens with zero attached hydrogens (tertiary/aromatic N) is 1. The zero-order valence-electron chi connectivity index (χ0n) is 23.1. The number of carbonyl (C=O) groups is 2. The molecule has 0 spiro atoms. The molecule has 0 radical (unpaired) electrons. The third kappa shape index (κ3) is 5.57. The van der Waals surface area contributed by atoms with Gasteiger partial charge in [-0.1, -0.05) is 12.1 Å². The monoisotopic (exact) mass is 539 g/mol. The van der Waals surface area contributed by atoms with Crippen LogP contribution in [-0.4, -0.2) is 30.9 Å². The van der Waals surface area contributed by atoms with Crippen LogP contribution in [0.2, 0.25) is 0 Å². The van der Waals surface area contributed by atoms with Crippen molar-refractivity contribution in [2.75, 3.05) is 19.5 Å². The minimum Gasteiger partial charge on any atom is -0.497 e. The van der Waals surface area contributed by atoms with E-state index in [9.17, 15) is 9.59 Å². The number of nitrogens with one attached hydrogen (secondary N) is 2. The third-order valence-electron chi connectivity index (χ3n) is 7.34. The summed E-state index contributed by atoms with van der Waals surface area (Å²) in [5.74, 6) is 1.38. The molecule has 1 aromatic heterocycles. The van der Waals surface area contributed by atoms with Crippen LogP contribution in [0.5, 0.6) is 17.2 Å². The average molecular weight is 540 g/mol. The lowest BCUT2D eigenvalue weighted by Crippen LogP contribution is -2.41. The number of carbonyl (C=O) groups excluding carboxylic acids is 2. The van der Waals surface area contributed by atoms with E-state index in [1.165, 1.54) is 0 Å². The normalized spacial score (nSPS) is 18.3. The fraction of sp³-hybridized carbons (Fsp3) is 0.281. The van der Waals surface area contributed by atoms with Gasteiger partial charge >= 0.3 is 0 Å². The molecule has 8 nitrogen and oxygen atoms in total. The van der Waals surface area contributed by atoms with Gasteiger partial charge in [0.05, 0.1) is 20.1 Å². The zero-order chi connectivity index (χ0) is 28.2. The van der Waals surface area contributed by atoms with Crippen molar-refractivity contribution in [1.82, 2.24) is 10.3 Å². The molecule has 1 aliphatic carbocycles. The number of benzene rings is 2. The first-order chi connectivity index (χ1) is 19.4. The second-order valence-electron chi connectivity index (χ2n) is 9.99. The molecule has 40 heavy (non-hydrogen) atoms. The molecule has 1 aliphatic heterocycles. The second kappa shape index (κ2) is 11.7. The molecule has 2 atom stereocenters. The summed E-state index contributed by atoms with van der Waals surface area (Å²) in [4.78, 5) is 31.4. The van der Waals surface area contributed by atoms with Gasteiger partial charge in [-0.25, -0.2) is 4.98 Å². The highest BCUT2D eigenvalue weighted by atomic mass is 16.5. The van der Waals surface area contributed by atoms with E-state index in [-0.39, 0.29) is 18.3 Å². The summed E-state index contributed by atoms with van der Waals surface area (Å²) in [5.41, 5.74) is 4.69. The Labute approximate surface area is 234 Å². The summed E-state index contributed by atoms with van der Waals surface area (Å²) in [7, 11) is 3.23. The van der Waals surface area contributed by atoms with Crippen molar-refractivity contribution >= 4 is 17.5 Å². The number of pyridine rings is 1. The van der Waals surface area contributed by atoms with Gasteiger partial charge in [0.1, 0.15) is 35.5 Å². The van der Waals surface area contributed by atoms with E-state index in [1.807, 2.05) is 68.4 Å². The Bertz CT molecular complexity index is 1490. The quantitative estimate of drug-likeness (QED) is 0.393. The Balaban J connectivity index is 1.52. The molecular formula is C32H33N3O5. The van der Waals surface area contributed by atoms with Crippen molar-refractivity contribution in [1.29, 1.82) is 0 Å². The minimum absolute atomic E-state index is 0.105. The number of rotatable bonds is 8. The van der Waals surface area contributed by atoms with Crippen LogP contribution in [0.3, 0.4) is 0 Å². The smallest absolute Gasteiger partial charge is 0.255 e. The Morgan fingerprint density at radius 1 is 1.00 bits per heavy atom. The minimum atomic E-state index is -0.493. The number of hydrogen-bond acceptors (Lipinski definition) is 7. The summed E-state index contributed by atoms with van der Waals surface area (Å²) in [6.45, 7) is 4.06. The maximum atomic E-state index is 13.8. The molecule has 3 aromatic rings. The summed E-state index contributed by atoms with van der Waals surface area (Å²) < 4.78 is 16.9. The van der Waals surface area contributed by atoms with E-state index >= 15 is 0 Å². The first-order valence-corrected chi connectivity index (χ1v) is 13.3. The molecule has 0 bridgehead atoms. The van der Waals surface area contributed by atoms with Crippen LogP contribution in [0, 0.1) is 12.8 Å². The van der Waals surface area contributed by atoms with E-state index in [0.29, 0.717) is 41.4 Å². The van der Waals surface area contributed by atoms with Crippen LogP contribution in [-0.2, 0) is 16.2 Å². The number of amides is 1. The molecule has 2 aliphatic rings. The maximum Gasteiger partial charge on any atom is 0.255 e. The molecular weight excluding hydrogens is 506 g/mol. The number of fused-ring (bicyclic) bond motifs is 1.